The van der Waals surface area contributed by atoms with Crippen LogP contribution in [0.25, 0.3) is 0 Å². The standard InChI is InChI=1S/C18H25N3O3/c1-3-19-9-11-20(12-10-19)15-13-17(22)21(18(15)23)14-7-5-6-8-16(14)24-4-2/h5-8,15H,3-4,9-13H2,1-2H3/t15-/m0/s1. The maximum absolute atomic E-state index is 12.9. The Bertz CT molecular complexity index is 611. The van der Waals surface area contributed by atoms with Crippen LogP contribution in [0.1, 0.15) is 20.3 Å². The van der Waals surface area contributed by atoms with Gasteiger partial charge < -0.3 is 9.64 Å². The first-order valence-electron chi connectivity index (χ1n) is 8.70. The zero-order chi connectivity index (χ0) is 17.1. The van der Waals surface area contributed by atoms with E-state index in [2.05, 4.69) is 16.7 Å². The second-order valence-corrected chi connectivity index (χ2v) is 6.16. The molecule has 1 atom stereocenters. The second kappa shape index (κ2) is 7.32. The SMILES string of the molecule is CCOc1ccccc1N1C(=O)C[C@H](N2CCN(CC)CC2)C1=O. The summed E-state index contributed by atoms with van der Waals surface area (Å²) in [5.74, 6) is 0.310. The number of nitrogens with zero attached hydrogens (tertiary/aromatic N) is 3. The molecule has 6 heteroatoms. The van der Waals surface area contributed by atoms with Crippen LogP contribution in [-0.4, -0.2) is 67.0 Å². The van der Waals surface area contributed by atoms with Gasteiger partial charge in [-0.15, -0.1) is 0 Å². The maximum atomic E-state index is 12.9. The fraction of sp³-hybridized carbons (Fsp3) is 0.556. The number of likely N-dealkylation sites (N-methyl/N-ethyl adjacent to an activating group) is 1. The van der Waals surface area contributed by atoms with Gasteiger partial charge in [0.1, 0.15) is 5.75 Å². The van der Waals surface area contributed by atoms with Crippen molar-refractivity contribution in [2.45, 2.75) is 26.3 Å². The lowest BCUT2D eigenvalue weighted by Crippen LogP contribution is -2.52. The molecule has 130 valence electrons. The van der Waals surface area contributed by atoms with Crippen molar-refractivity contribution in [2.24, 2.45) is 0 Å². The summed E-state index contributed by atoms with van der Waals surface area (Å²) < 4.78 is 5.59. The van der Waals surface area contributed by atoms with E-state index >= 15 is 0 Å². The second-order valence-electron chi connectivity index (χ2n) is 6.16. The fourth-order valence-corrected chi connectivity index (χ4v) is 3.46. The maximum Gasteiger partial charge on any atom is 0.251 e. The fourth-order valence-electron chi connectivity index (χ4n) is 3.46. The molecule has 2 saturated heterocycles. The first kappa shape index (κ1) is 16.9. The molecule has 1 aromatic carbocycles. The summed E-state index contributed by atoms with van der Waals surface area (Å²) in [6, 6.07) is 6.91. The highest BCUT2D eigenvalue weighted by molar-refractivity contribution is 6.23. The molecule has 0 unspecified atom stereocenters. The summed E-state index contributed by atoms with van der Waals surface area (Å²) in [7, 11) is 0. The molecular weight excluding hydrogens is 306 g/mol. The number of amides is 2. The zero-order valence-corrected chi connectivity index (χ0v) is 14.4. The molecule has 0 aromatic heterocycles. The summed E-state index contributed by atoms with van der Waals surface area (Å²) in [5.41, 5.74) is 0.559. The number of rotatable bonds is 5. The summed E-state index contributed by atoms with van der Waals surface area (Å²) in [4.78, 5) is 31.3. The van der Waals surface area contributed by atoms with Crippen LogP contribution >= 0.6 is 0 Å². The number of anilines is 1. The van der Waals surface area contributed by atoms with Crippen molar-refractivity contribution >= 4 is 17.5 Å². The average Bonchev–Trinajstić information content (AvgIpc) is 2.90. The number of carbonyl (C=O) groups excluding carboxylic acids is 2. The predicted molar refractivity (Wildman–Crippen MR) is 92.2 cm³/mol. The van der Waals surface area contributed by atoms with Crippen molar-refractivity contribution in [1.29, 1.82) is 0 Å². The van der Waals surface area contributed by atoms with Crippen molar-refractivity contribution in [3.63, 3.8) is 0 Å². The third-order valence-electron chi connectivity index (χ3n) is 4.82. The topological polar surface area (TPSA) is 53.1 Å². The van der Waals surface area contributed by atoms with E-state index in [-0.39, 0.29) is 24.3 Å². The lowest BCUT2D eigenvalue weighted by Gasteiger charge is -2.36. The Kier molecular flexibility index (Phi) is 5.16. The minimum atomic E-state index is -0.341. The van der Waals surface area contributed by atoms with E-state index in [1.54, 1.807) is 12.1 Å². The van der Waals surface area contributed by atoms with Gasteiger partial charge in [-0.2, -0.15) is 0 Å². The van der Waals surface area contributed by atoms with Crippen LogP contribution in [-0.2, 0) is 9.59 Å². The van der Waals surface area contributed by atoms with Crippen molar-refractivity contribution in [2.75, 3.05) is 44.2 Å². The molecule has 0 bridgehead atoms. The Balaban J connectivity index is 1.78. The molecule has 24 heavy (non-hydrogen) atoms. The summed E-state index contributed by atoms with van der Waals surface area (Å²) >= 11 is 0. The number of para-hydroxylation sites is 2. The number of hydrogen-bond acceptors (Lipinski definition) is 5. The summed E-state index contributed by atoms with van der Waals surface area (Å²) in [6.07, 6.45) is 0.255. The Labute approximate surface area is 143 Å². The molecule has 0 N–H and O–H groups in total. The van der Waals surface area contributed by atoms with Crippen molar-refractivity contribution in [3.05, 3.63) is 24.3 Å². The molecule has 6 nitrogen and oxygen atoms in total. The van der Waals surface area contributed by atoms with E-state index in [4.69, 9.17) is 4.74 Å². The summed E-state index contributed by atoms with van der Waals surface area (Å²) in [6.45, 7) is 9.12. The van der Waals surface area contributed by atoms with Gasteiger partial charge in [-0.3, -0.25) is 14.5 Å². The Hall–Kier alpha value is -1.92. The monoisotopic (exact) mass is 331 g/mol. The van der Waals surface area contributed by atoms with Gasteiger partial charge >= 0.3 is 0 Å². The average molecular weight is 331 g/mol. The van der Waals surface area contributed by atoms with Gasteiger partial charge in [0.2, 0.25) is 5.91 Å². The van der Waals surface area contributed by atoms with Gasteiger partial charge in [-0.05, 0) is 25.6 Å². The molecule has 2 heterocycles. The first-order chi connectivity index (χ1) is 11.7. The molecular formula is C18H25N3O3. The van der Waals surface area contributed by atoms with Crippen molar-refractivity contribution in [3.8, 4) is 5.75 Å². The number of piperazine rings is 1. The van der Waals surface area contributed by atoms with E-state index in [9.17, 15) is 9.59 Å². The molecule has 0 spiro atoms. The van der Waals surface area contributed by atoms with E-state index in [0.29, 0.717) is 18.0 Å². The van der Waals surface area contributed by atoms with E-state index < -0.39 is 0 Å². The van der Waals surface area contributed by atoms with Crippen LogP contribution in [0.2, 0.25) is 0 Å². The number of imide groups is 1. The van der Waals surface area contributed by atoms with Gasteiger partial charge in [0, 0.05) is 26.2 Å². The van der Waals surface area contributed by atoms with Crippen LogP contribution in [0.5, 0.6) is 5.75 Å². The van der Waals surface area contributed by atoms with Crippen LogP contribution in [0, 0.1) is 0 Å². The van der Waals surface area contributed by atoms with Crippen molar-refractivity contribution in [1.82, 2.24) is 9.80 Å². The molecule has 2 amide bonds. The van der Waals surface area contributed by atoms with E-state index in [1.807, 2.05) is 19.1 Å². The number of carbonyl (C=O) groups is 2. The van der Waals surface area contributed by atoms with E-state index in [1.165, 1.54) is 4.90 Å². The predicted octanol–water partition coefficient (Wildman–Crippen LogP) is 1.35. The minimum Gasteiger partial charge on any atom is -0.492 e. The molecule has 0 aliphatic carbocycles. The van der Waals surface area contributed by atoms with Gasteiger partial charge in [0.15, 0.2) is 0 Å². The third-order valence-corrected chi connectivity index (χ3v) is 4.82. The molecule has 2 aliphatic heterocycles. The number of hydrogen-bond donors (Lipinski definition) is 0. The molecule has 0 saturated carbocycles. The molecule has 2 fully saturated rings. The lowest BCUT2D eigenvalue weighted by molar-refractivity contribution is -0.123. The normalized spacial score (nSPS) is 23.1. The Morgan fingerprint density at radius 1 is 1.08 bits per heavy atom. The highest BCUT2D eigenvalue weighted by Crippen LogP contribution is 2.33. The molecule has 0 radical (unpaired) electrons. The van der Waals surface area contributed by atoms with Gasteiger partial charge in [-0.1, -0.05) is 19.1 Å². The summed E-state index contributed by atoms with van der Waals surface area (Å²) in [5, 5.41) is 0. The highest BCUT2D eigenvalue weighted by atomic mass is 16.5. The van der Waals surface area contributed by atoms with Crippen LogP contribution in [0.3, 0.4) is 0 Å². The minimum absolute atomic E-state index is 0.128. The van der Waals surface area contributed by atoms with Crippen LogP contribution in [0.4, 0.5) is 5.69 Å². The zero-order valence-electron chi connectivity index (χ0n) is 14.4. The third kappa shape index (κ3) is 3.16. The van der Waals surface area contributed by atoms with Crippen molar-refractivity contribution < 1.29 is 14.3 Å². The van der Waals surface area contributed by atoms with E-state index in [0.717, 1.165) is 32.7 Å². The molecule has 1 aromatic rings. The van der Waals surface area contributed by atoms with Gasteiger partial charge in [-0.25, -0.2) is 4.90 Å². The first-order valence-corrected chi connectivity index (χ1v) is 8.70. The number of ether oxygens (including phenoxy) is 1. The van der Waals surface area contributed by atoms with Crippen LogP contribution in [0.15, 0.2) is 24.3 Å². The highest BCUT2D eigenvalue weighted by Gasteiger charge is 2.44. The Morgan fingerprint density at radius 3 is 2.46 bits per heavy atom. The smallest absolute Gasteiger partial charge is 0.251 e. The number of benzene rings is 1. The molecule has 3 rings (SSSR count). The largest absolute Gasteiger partial charge is 0.492 e. The Morgan fingerprint density at radius 2 is 1.79 bits per heavy atom. The molecule has 2 aliphatic rings. The quantitative estimate of drug-likeness (QED) is 0.763. The van der Waals surface area contributed by atoms with Gasteiger partial charge in [0.25, 0.3) is 5.91 Å². The van der Waals surface area contributed by atoms with Crippen LogP contribution < -0.4 is 9.64 Å². The van der Waals surface area contributed by atoms with Gasteiger partial charge in [0.05, 0.1) is 24.8 Å². The lowest BCUT2D eigenvalue weighted by atomic mass is 10.1.